The van der Waals surface area contributed by atoms with E-state index in [1.165, 1.54) is 32.1 Å². The summed E-state index contributed by atoms with van der Waals surface area (Å²) in [4.78, 5) is 17.3. The van der Waals surface area contributed by atoms with Crippen LogP contribution in [0.2, 0.25) is 0 Å². The minimum atomic E-state index is -0.212. The van der Waals surface area contributed by atoms with Gasteiger partial charge in [0, 0.05) is 12.1 Å². The number of hydrogen-bond donors (Lipinski definition) is 1. The Morgan fingerprint density at radius 2 is 1.84 bits per heavy atom. The molecule has 1 N–H and O–H groups in total. The van der Waals surface area contributed by atoms with Crippen LogP contribution in [0.4, 0.5) is 0 Å². The standard InChI is InChI=1S/C15H27N3O/c1-12-16-15(9-4-5-10-15)13(19)18(12)11-14(17(2)3)7-6-8-14/h12,16H,4-11H2,1-3H3. The van der Waals surface area contributed by atoms with Crippen molar-refractivity contribution in [1.82, 2.24) is 15.1 Å². The van der Waals surface area contributed by atoms with Gasteiger partial charge in [-0.1, -0.05) is 12.8 Å². The summed E-state index contributed by atoms with van der Waals surface area (Å²) in [6.07, 6.45) is 8.39. The van der Waals surface area contributed by atoms with Crippen molar-refractivity contribution in [2.45, 2.75) is 69.1 Å². The highest BCUT2D eigenvalue weighted by Crippen LogP contribution is 2.41. The fourth-order valence-corrected chi connectivity index (χ4v) is 4.18. The largest absolute Gasteiger partial charge is 0.324 e. The van der Waals surface area contributed by atoms with E-state index in [0.29, 0.717) is 5.91 Å². The fourth-order valence-electron chi connectivity index (χ4n) is 4.18. The molecule has 1 unspecified atom stereocenters. The summed E-state index contributed by atoms with van der Waals surface area (Å²) < 4.78 is 0. The van der Waals surface area contributed by atoms with Gasteiger partial charge in [-0.2, -0.15) is 0 Å². The quantitative estimate of drug-likeness (QED) is 0.841. The third-order valence-electron chi connectivity index (χ3n) is 5.78. The summed E-state index contributed by atoms with van der Waals surface area (Å²) in [5, 5.41) is 3.60. The Bertz CT molecular complexity index is 370. The first-order valence-electron chi connectivity index (χ1n) is 7.75. The molecule has 19 heavy (non-hydrogen) atoms. The van der Waals surface area contributed by atoms with Gasteiger partial charge in [-0.15, -0.1) is 0 Å². The van der Waals surface area contributed by atoms with Crippen molar-refractivity contribution in [3.63, 3.8) is 0 Å². The number of nitrogens with one attached hydrogen (secondary N) is 1. The summed E-state index contributed by atoms with van der Waals surface area (Å²) in [5.74, 6) is 0.366. The number of amides is 1. The predicted molar refractivity (Wildman–Crippen MR) is 75.8 cm³/mol. The normalized spacial score (nSPS) is 32.3. The van der Waals surface area contributed by atoms with Gasteiger partial charge >= 0.3 is 0 Å². The van der Waals surface area contributed by atoms with E-state index in [2.05, 4.69) is 36.1 Å². The number of carbonyl (C=O) groups excluding carboxylic acids is 1. The molecule has 3 rings (SSSR count). The summed E-state index contributed by atoms with van der Waals surface area (Å²) >= 11 is 0. The summed E-state index contributed by atoms with van der Waals surface area (Å²) in [5.41, 5.74) is 0.0202. The van der Waals surface area contributed by atoms with Crippen LogP contribution in [0.15, 0.2) is 0 Å². The van der Waals surface area contributed by atoms with Gasteiger partial charge < -0.3 is 9.80 Å². The first kappa shape index (κ1) is 13.4. The van der Waals surface area contributed by atoms with Crippen molar-refractivity contribution >= 4 is 5.91 Å². The average molecular weight is 265 g/mol. The third kappa shape index (κ3) is 1.91. The molecule has 1 aliphatic heterocycles. The van der Waals surface area contributed by atoms with E-state index >= 15 is 0 Å². The molecular weight excluding hydrogens is 238 g/mol. The van der Waals surface area contributed by atoms with Crippen LogP contribution >= 0.6 is 0 Å². The molecule has 0 bridgehead atoms. The smallest absolute Gasteiger partial charge is 0.244 e. The van der Waals surface area contributed by atoms with E-state index in [4.69, 9.17) is 0 Å². The van der Waals surface area contributed by atoms with Crippen molar-refractivity contribution in [1.29, 1.82) is 0 Å². The topological polar surface area (TPSA) is 35.6 Å². The van der Waals surface area contributed by atoms with Gasteiger partial charge in [0.05, 0.1) is 11.7 Å². The molecule has 1 saturated heterocycles. The zero-order valence-electron chi connectivity index (χ0n) is 12.5. The highest BCUT2D eigenvalue weighted by atomic mass is 16.2. The second-order valence-electron chi connectivity index (χ2n) is 7.01. The number of rotatable bonds is 3. The van der Waals surface area contributed by atoms with Crippen molar-refractivity contribution in [3.8, 4) is 0 Å². The Morgan fingerprint density at radius 3 is 2.32 bits per heavy atom. The van der Waals surface area contributed by atoms with Crippen molar-refractivity contribution in [2.24, 2.45) is 0 Å². The van der Waals surface area contributed by atoms with Crippen LogP contribution in [-0.2, 0) is 4.79 Å². The van der Waals surface area contributed by atoms with Crippen LogP contribution in [0, 0.1) is 0 Å². The van der Waals surface area contributed by atoms with Crippen LogP contribution in [0.3, 0.4) is 0 Å². The lowest BCUT2D eigenvalue weighted by Crippen LogP contribution is -2.59. The van der Waals surface area contributed by atoms with Gasteiger partial charge in [0.15, 0.2) is 0 Å². The van der Waals surface area contributed by atoms with Gasteiger partial charge in [0.1, 0.15) is 0 Å². The van der Waals surface area contributed by atoms with Crippen molar-refractivity contribution in [2.75, 3.05) is 20.6 Å². The van der Waals surface area contributed by atoms with Crippen molar-refractivity contribution < 1.29 is 4.79 Å². The molecule has 0 aromatic heterocycles. The maximum atomic E-state index is 12.8. The maximum absolute atomic E-state index is 12.8. The molecule has 3 aliphatic rings. The number of nitrogens with zero attached hydrogens (tertiary/aromatic N) is 2. The van der Waals surface area contributed by atoms with Crippen LogP contribution in [-0.4, -0.2) is 53.6 Å². The number of carbonyl (C=O) groups is 1. The first-order valence-corrected chi connectivity index (χ1v) is 7.75. The van der Waals surface area contributed by atoms with E-state index in [1.807, 2.05) is 0 Å². The SMILES string of the molecule is CC1NC2(CCCC2)C(=O)N1CC1(N(C)C)CCC1. The molecule has 0 radical (unpaired) electrons. The Morgan fingerprint density at radius 1 is 1.21 bits per heavy atom. The van der Waals surface area contributed by atoms with Crippen LogP contribution < -0.4 is 5.32 Å². The number of likely N-dealkylation sites (N-methyl/N-ethyl adjacent to an activating group) is 1. The molecule has 2 saturated carbocycles. The lowest BCUT2D eigenvalue weighted by molar-refractivity contribution is -0.135. The van der Waals surface area contributed by atoms with Gasteiger partial charge in [-0.25, -0.2) is 0 Å². The molecule has 0 aromatic rings. The third-order valence-corrected chi connectivity index (χ3v) is 5.78. The minimum Gasteiger partial charge on any atom is -0.324 e. The van der Waals surface area contributed by atoms with E-state index in [-0.39, 0.29) is 17.2 Å². The molecular formula is C15H27N3O. The van der Waals surface area contributed by atoms with Gasteiger partial charge in [0.25, 0.3) is 0 Å². The summed E-state index contributed by atoms with van der Waals surface area (Å²) in [6.45, 7) is 3.04. The van der Waals surface area contributed by atoms with E-state index in [9.17, 15) is 4.79 Å². The Labute approximate surface area is 116 Å². The molecule has 0 aromatic carbocycles. The second-order valence-corrected chi connectivity index (χ2v) is 7.01. The minimum absolute atomic E-state index is 0.197. The molecule has 1 heterocycles. The van der Waals surface area contributed by atoms with Crippen LogP contribution in [0.1, 0.15) is 51.9 Å². The fraction of sp³-hybridized carbons (Fsp3) is 0.933. The van der Waals surface area contributed by atoms with Crippen molar-refractivity contribution in [3.05, 3.63) is 0 Å². The van der Waals surface area contributed by atoms with Gasteiger partial charge in [0.2, 0.25) is 5.91 Å². The Kier molecular flexibility index (Phi) is 3.13. The van der Waals surface area contributed by atoms with E-state index in [0.717, 1.165) is 19.4 Å². The monoisotopic (exact) mass is 265 g/mol. The highest BCUT2D eigenvalue weighted by Gasteiger charge is 2.53. The summed E-state index contributed by atoms with van der Waals surface area (Å²) in [6, 6.07) is 0. The lowest BCUT2D eigenvalue weighted by Gasteiger charge is -2.49. The average Bonchev–Trinajstić information content (AvgIpc) is 2.83. The van der Waals surface area contributed by atoms with Gasteiger partial charge in [-0.3, -0.25) is 10.1 Å². The van der Waals surface area contributed by atoms with E-state index in [1.54, 1.807) is 0 Å². The second kappa shape index (κ2) is 4.45. The molecule has 1 atom stereocenters. The van der Waals surface area contributed by atoms with Crippen LogP contribution in [0.5, 0.6) is 0 Å². The number of hydrogen-bond acceptors (Lipinski definition) is 3. The molecule has 1 amide bonds. The zero-order valence-corrected chi connectivity index (χ0v) is 12.5. The maximum Gasteiger partial charge on any atom is 0.244 e. The van der Waals surface area contributed by atoms with E-state index < -0.39 is 0 Å². The molecule has 4 heteroatoms. The molecule has 3 fully saturated rings. The Hall–Kier alpha value is -0.610. The molecule has 4 nitrogen and oxygen atoms in total. The molecule has 108 valence electrons. The molecule has 1 spiro atoms. The predicted octanol–water partition coefficient (Wildman–Crippen LogP) is 1.56. The lowest BCUT2D eigenvalue weighted by atomic mass is 9.75. The molecule has 2 aliphatic carbocycles. The summed E-state index contributed by atoms with van der Waals surface area (Å²) in [7, 11) is 4.31. The van der Waals surface area contributed by atoms with Gasteiger partial charge in [-0.05, 0) is 53.1 Å². The van der Waals surface area contributed by atoms with Crippen LogP contribution in [0.25, 0.3) is 0 Å². The first-order chi connectivity index (χ1) is 8.99. The highest BCUT2D eigenvalue weighted by molar-refractivity contribution is 5.89. The Balaban J connectivity index is 1.76. The zero-order chi connectivity index (χ0) is 13.7.